The molecular weight excluding hydrogens is 455 g/mol. The monoisotopic (exact) mass is 479 g/mol. The van der Waals surface area contributed by atoms with E-state index in [9.17, 15) is 27.6 Å². The van der Waals surface area contributed by atoms with Crippen LogP contribution in [0.4, 0.5) is 23.7 Å². The number of amidine groups is 1. The first-order valence-corrected chi connectivity index (χ1v) is 10.6. The maximum absolute atomic E-state index is 13.1. The predicted octanol–water partition coefficient (Wildman–Crippen LogP) is 1.50. The third kappa shape index (κ3) is 4.47. The molecule has 1 aromatic heterocycles. The van der Waals surface area contributed by atoms with Crippen molar-refractivity contribution in [2.75, 3.05) is 32.5 Å². The number of dihydropyridines is 1. The third-order valence-electron chi connectivity index (χ3n) is 6.24. The summed E-state index contributed by atoms with van der Waals surface area (Å²) < 4.78 is 40.0. The Morgan fingerprint density at radius 3 is 2.53 bits per heavy atom. The van der Waals surface area contributed by atoms with E-state index in [-0.39, 0.29) is 18.0 Å². The number of carbonyl (C=O) groups is 2. The number of hydrogen-bond acceptors (Lipinski definition) is 6. The molecule has 10 nitrogen and oxygen atoms in total. The van der Waals surface area contributed by atoms with Crippen LogP contribution in [0.2, 0.25) is 0 Å². The van der Waals surface area contributed by atoms with Gasteiger partial charge in [0.2, 0.25) is 0 Å². The number of fused-ring (bicyclic) bond motifs is 1. The number of nitrogens with one attached hydrogen (secondary N) is 1. The third-order valence-corrected chi connectivity index (χ3v) is 6.24. The summed E-state index contributed by atoms with van der Waals surface area (Å²) in [5.41, 5.74) is -1.72. The minimum absolute atomic E-state index is 0.169. The smallest absolute Gasteiger partial charge is 0.325 e. The summed E-state index contributed by atoms with van der Waals surface area (Å²) in [4.78, 5) is 44.9. The van der Waals surface area contributed by atoms with Crippen LogP contribution in [0.3, 0.4) is 0 Å². The standard InChI is InChI=1S/C21H24F3N7O3/c1-28-11-12(21(22,23)24)8-16(19(28)33)26-20(34)29(2)13-4-6-31(7-5-13)14-9-15-17(25-10-14)27-30(3)18(15)32/h8-11,13-14H,4-7H2,1-3H3,(H,26,34). The van der Waals surface area contributed by atoms with E-state index in [4.69, 9.17) is 0 Å². The van der Waals surface area contributed by atoms with Crippen LogP contribution < -0.4 is 10.9 Å². The van der Waals surface area contributed by atoms with Gasteiger partial charge in [-0.25, -0.2) is 14.8 Å². The Labute approximate surface area is 193 Å². The number of halogens is 3. The molecule has 1 saturated heterocycles. The van der Waals surface area contributed by atoms with Gasteiger partial charge in [0.1, 0.15) is 5.69 Å². The Morgan fingerprint density at radius 1 is 1.21 bits per heavy atom. The van der Waals surface area contributed by atoms with Crippen molar-refractivity contribution in [3.05, 3.63) is 39.8 Å². The number of aromatic nitrogens is 1. The molecule has 4 rings (SSSR count). The molecule has 182 valence electrons. The van der Waals surface area contributed by atoms with E-state index in [1.165, 1.54) is 17.0 Å². The maximum Gasteiger partial charge on any atom is 0.417 e. The van der Waals surface area contributed by atoms with E-state index in [1.54, 1.807) is 20.3 Å². The normalized spacial score (nSPS) is 21.3. The van der Waals surface area contributed by atoms with E-state index in [1.807, 2.05) is 6.08 Å². The van der Waals surface area contributed by atoms with Crippen molar-refractivity contribution in [1.29, 1.82) is 0 Å². The van der Waals surface area contributed by atoms with E-state index >= 15 is 0 Å². The average molecular weight is 479 g/mol. The van der Waals surface area contributed by atoms with Crippen molar-refractivity contribution in [3.8, 4) is 0 Å². The number of hydrogen-bond donors (Lipinski definition) is 1. The van der Waals surface area contributed by atoms with Gasteiger partial charge in [-0.2, -0.15) is 13.2 Å². The average Bonchev–Trinajstić information content (AvgIpc) is 3.08. The zero-order valence-corrected chi connectivity index (χ0v) is 18.8. The van der Waals surface area contributed by atoms with Crippen molar-refractivity contribution in [3.63, 3.8) is 0 Å². The number of carbonyl (C=O) groups excluding carboxylic acids is 2. The molecule has 0 bridgehead atoms. The number of nitrogens with zero attached hydrogens (tertiary/aromatic N) is 6. The molecule has 0 aliphatic carbocycles. The highest BCUT2D eigenvalue weighted by atomic mass is 19.4. The fourth-order valence-electron chi connectivity index (χ4n) is 4.21. The molecule has 1 aromatic rings. The maximum atomic E-state index is 13.1. The Kier molecular flexibility index (Phi) is 6.06. The number of likely N-dealkylation sites (N-methyl/N-ethyl adjacent to an activating group) is 1. The van der Waals surface area contributed by atoms with Crippen LogP contribution in [0, 0.1) is 0 Å². The van der Waals surface area contributed by atoms with Gasteiger partial charge in [0.15, 0.2) is 5.84 Å². The molecule has 13 heteroatoms. The zero-order valence-electron chi connectivity index (χ0n) is 18.8. The van der Waals surface area contributed by atoms with E-state index in [2.05, 4.69) is 20.3 Å². The summed E-state index contributed by atoms with van der Waals surface area (Å²) in [6, 6.07) is -0.351. The fraction of sp³-hybridized carbons (Fsp3) is 0.476. The van der Waals surface area contributed by atoms with E-state index in [0.717, 1.165) is 4.57 Å². The van der Waals surface area contributed by atoms with E-state index in [0.29, 0.717) is 49.6 Å². The number of rotatable bonds is 3. The van der Waals surface area contributed by atoms with Crippen LogP contribution in [-0.2, 0) is 18.0 Å². The second-order valence-electron chi connectivity index (χ2n) is 8.47. The molecular formula is C21H24F3N7O3. The summed E-state index contributed by atoms with van der Waals surface area (Å²) in [5.74, 6) is 0.194. The van der Waals surface area contributed by atoms with Crippen LogP contribution in [-0.4, -0.2) is 82.6 Å². The minimum Gasteiger partial charge on any atom is -0.325 e. The topological polar surface area (TPSA) is 103 Å². The molecule has 0 saturated carbocycles. The fourth-order valence-corrected chi connectivity index (χ4v) is 4.21. The number of urea groups is 1. The van der Waals surface area contributed by atoms with Gasteiger partial charge < -0.3 is 14.8 Å². The second kappa shape index (κ2) is 8.70. The van der Waals surface area contributed by atoms with Crippen molar-refractivity contribution in [2.24, 2.45) is 17.1 Å². The van der Waals surface area contributed by atoms with Crippen LogP contribution >= 0.6 is 0 Å². The number of amides is 3. The summed E-state index contributed by atoms with van der Waals surface area (Å²) in [5, 5.41) is 7.64. The quantitative estimate of drug-likeness (QED) is 0.710. The molecule has 3 amide bonds. The number of pyridine rings is 1. The lowest BCUT2D eigenvalue weighted by Gasteiger charge is -2.39. The minimum atomic E-state index is -4.65. The summed E-state index contributed by atoms with van der Waals surface area (Å²) in [6.07, 6.45) is 0.812. The van der Waals surface area contributed by atoms with Gasteiger partial charge in [-0.05, 0) is 25.0 Å². The first-order chi connectivity index (χ1) is 16.0. The SMILES string of the molecule is CN1N=C2N=CC(N3CCC(N(C)C(=O)Nc4cc(C(F)(F)F)cn(C)c4=O)CC3)C=C2C1=O. The zero-order chi connectivity index (χ0) is 24.8. The number of piperidine rings is 1. The lowest BCUT2D eigenvalue weighted by molar-refractivity contribution is -0.138. The second-order valence-corrected chi connectivity index (χ2v) is 8.47. The van der Waals surface area contributed by atoms with Crippen molar-refractivity contribution < 1.29 is 22.8 Å². The summed E-state index contributed by atoms with van der Waals surface area (Å²) in [6.45, 7) is 1.23. The molecule has 3 aliphatic heterocycles. The molecule has 3 aliphatic rings. The van der Waals surface area contributed by atoms with Gasteiger partial charge in [0.25, 0.3) is 11.5 Å². The highest BCUT2D eigenvalue weighted by Crippen LogP contribution is 2.30. The number of aryl methyl sites for hydroxylation is 1. The Balaban J connectivity index is 1.38. The lowest BCUT2D eigenvalue weighted by atomic mass is 10.00. The van der Waals surface area contributed by atoms with Gasteiger partial charge in [-0.3, -0.25) is 14.5 Å². The number of hydrazone groups is 1. The molecule has 4 heterocycles. The molecule has 1 N–H and O–H groups in total. The lowest BCUT2D eigenvalue weighted by Crippen LogP contribution is -2.50. The summed E-state index contributed by atoms with van der Waals surface area (Å²) in [7, 11) is 4.32. The number of likely N-dealkylation sites (tertiary alicyclic amines) is 1. The van der Waals surface area contributed by atoms with Gasteiger partial charge in [-0.1, -0.05) is 0 Å². The van der Waals surface area contributed by atoms with Crippen molar-refractivity contribution in [1.82, 2.24) is 19.4 Å². The van der Waals surface area contributed by atoms with Gasteiger partial charge in [0, 0.05) is 52.7 Å². The van der Waals surface area contributed by atoms with Gasteiger partial charge >= 0.3 is 12.2 Å². The van der Waals surface area contributed by atoms with Gasteiger partial charge in [-0.15, -0.1) is 5.10 Å². The Bertz CT molecular complexity index is 1160. The molecule has 0 radical (unpaired) electrons. The van der Waals surface area contributed by atoms with Crippen molar-refractivity contribution >= 4 is 29.7 Å². The molecule has 0 aromatic carbocycles. The molecule has 1 fully saturated rings. The number of alkyl halides is 3. The van der Waals surface area contributed by atoms with Crippen molar-refractivity contribution in [2.45, 2.75) is 31.1 Å². The molecule has 1 atom stereocenters. The highest BCUT2D eigenvalue weighted by molar-refractivity contribution is 6.26. The van der Waals surface area contributed by atoms with Gasteiger partial charge in [0.05, 0.1) is 17.2 Å². The highest BCUT2D eigenvalue weighted by Gasteiger charge is 2.35. The van der Waals surface area contributed by atoms with Crippen LogP contribution in [0.15, 0.2) is 38.8 Å². The Hall–Kier alpha value is -3.48. The first kappa shape index (κ1) is 23.7. The predicted molar refractivity (Wildman–Crippen MR) is 119 cm³/mol. The van der Waals surface area contributed by atoms with Crippen LogP contribution in [0.5, 0.6) is 0 Å². The first-order valence-electron chi connectivity index (χ1n) is 10.6. The number of aliphatic imine (C=N–C) groups is 1. The number of anilines is 1. The Morgan fingerprint density at radius 2 is 1.88 bits per heavy atom. The largest absolute Gasteiger partial charge is 0.417 e. The molecule has 0 spiro atoms. The molecule has 1 unspecified atom stereocenters. The van der Waals surface area contributed by atoms with E-state index < -0.39 is 29.0 Å². The summed E-state index contributed by atoms with van der Waals surface area (Å²) >= 11 is 0. The van der Waals surface area contributed by atoms with Crippen LogP contribution in [0.1, 0.15) is 18.4 Å². The van der Waals surface area contributed by atoms with Crippen LogP contribution in [0.25, 0.3) is 0 Å². The molecule has 34 heavy (non-hydrogen) atoms.